The van der Waals surface area contributed by atoms with E-state index in [2.05, 4.69) is 5.32 Å². The van der Waals surface area contributed by atoms with Crippen molar-refractivity contribution < 1.29 is 13.9 Å². The van der Waals surface area contributed by atoms with Crippen LogP contribution in [0, 0.1) is 5.82 Å². The second kappa shape index (κ2) is 4.38. The quantitative estimate of drug-likeness (QED) is 0.836. The average Bonchev–Trinajstić information content (AvgIpc) is 2.41. The fraction of sp³-hybridized carbons (Fsp3) is 0.214. The number of hydrogen-bond acceptors (Lipinski definition) is 2. The third-order valence-electron chi connectivity index (χ3n) is 3.15. The maximum absolute atomic E-state index is 13.7. The lowest BCUT2D eigenvalue weighted by Gasteiger charge is -2.24. The van der Waals surface area contributed by atoms with Crippen molar-refractivity contribution in [3.05, 3.63) is 47.8 Å². The van der Waals surface area contributed by atoms with E-state index in [4.69, 9.17) is 4.74 Å². The van der Waals surface area contributed by atoms with Crippen molar-refractivity contribution in [2.75, 3.05) is 13.2 Å². The molecule has 2 aromatic carbocycles. The van der Waals surface area contributed by atoms with Gasteiger partial charge in [-0.3, -0.25) is 4.79 Å². The highest BCUT2D eigenvalue weighted by atomic mass is 19.1. The number of carbonyl (C=O) groups is 1. The van der Waals surface area contributed by atoms with Crippen molar-refractivity contribution in [1.82, 2.24) is 5.32 Å². The van der Waals surface area contributed by atoms with E-state index >= 15 is 0 Å². The van der Waals surface area contributed by atoms with E-state index in [-0.39, 0.29) is 24.4 Å². The summed E-state index contributed by atoms with van der Waals surface area (Å²) in [6.07, 6.45) is -0.215. The molecule has 18 heavy (non-hydrogen) atoms. The van der Waals surface area contributed by atoms with E-state index in [1.807, 2.05) is 12.1 Å². The Balaban J connectivity index is 2.07. The Labute approximate surface area is 104 Å². The molecule has 0 bridgehead atoms. The van der Waals surface area contributed by atoms with Crippen molar-refractivity contribution in [3.8, 4) is 0 Å². The molecule has 1 saturated heterocycles. The standard InChI is InChI=1S/C14H12FNO2/c15-12-6-5-11(9-3-1-2-4-10(9)12)13-7-16-14(17)8-18-13/h1-6,13H,7-8H2,(H,16,17)/t13-/m0/s1. The summed E-state index contributed by atoms with van der Waals surface area (Å²) < 4.78 is 19.2. The third-order valence-corrected chi connectivity index (χ3v) is 3.15. The van der Waals surface area contributed by atoms with Gasteiger partial charge in [0.15, 0.2) is 0 Å². The number of carbonyl (C=O) groups excluding carboxylic acids is 1. The monoisotopic (exact) mass is 245 g/mol. The lowest BCUT2D eigenvalue weighted by Crippen LogP contribution is -2.38. The van der Waals surface area contributed by atoms with E-state index < -0.39 is 0 Å². The first-order chi connectivity index (χ1) is 8.75. The third kappa shape index (κ3) is 1.84. The zero-order chi connectivity index (χ0) is 12.5. The summed E-state index contributed by atoms with van der Waals surface area (Å²) in [4.78, 5) is 11.1. The van der Waals surface area contributed by atoms with Crippen LogP contribution in [0.2, 0.25) is 0 Å². The van der Waals surface area contributed by atoms with Gasteiger partial charge in [0, 0.05) is 11.9 Å². The van der Waals surface area contributed by atoms with Gasteiger partial charge in [-0.25, -0.2) is 4.39 Å². The number of benzene rings is 2. The van der Waals surface area contributed by atoms with Crippen LogP contribution in [0.25, 0.3) is 10.8 Å². The lowest BCUT2D eigenvalue weighted by atomic mass is 9.99. The maximum Gasteiger partial charge on any atom is 0.246 e. The zero-order valence-corrected chi connectivity index (χ0v) is 9.65. The predicted octanol–water partition coefficient (Wildman–Crippen LogP) is 2.17. The second-order valence-electron chi connectivity index (χ2n) is 4.29. The lowest BCUT2D eigenvalue weighted by molar-refractivity contribution is -0.133. The fourth-order valence-electron chi connectivity index (χ4n) is 2.26. The van der Waals surface area contributed by atoms with E-state index in [0.717, 1.165) is 10.9 Å². The van der Waals surface area contributed by atoms with Crippen LogP contribution in [-0.4, -0.2) is 19.1 Å². The summed E-state index contributed by atoms with van der Waals surface area (Å²) in [5.74, 6) is -0.355. The molecular weight excluding hydrogens is 233 g/mol. The number of rotatable bonds is 1. The van der Waals surface area contributed by atoms with E-state index in [9.17, 15) is 9.18 Å². The smallest absolute Gasteiger partial charge is 0.246 e. The number of amides is 1. The SMILES string of the molecule is O=C1CO[C@H](c2ccc(F)c3ccccc23)CN1. The molecule has 0 unspecified atom stereocenters. The van der Waals surface area contributed by atoms with Gasteiger partial charge in [0.2, 0.25) is 5.91 Å². The van der Waals surface area contributed by atoms with E-state index in [1.165, 1.54) is 6.07 Å². The normalized spacial score (nSPS) is 19.8. The van der Waals surface area contributed by atoms with Gasteiger partial charge >= 0.3 is 0 Å². The predicted molar refractivity (Wildman–Crippen MR) is 65.6 cm³/mol. The Morgan fingerprint density at radius 3 is 2.67 bits per heavy atom. The van der Waals surface area contributed by atoms with Crippen LogP contribution in [0.5, 0.6) is 0 Å². The van der Waals surface area contributed by atoms with Crippen LogP contribution in [0.3, 0.4) is 0 Å². The van der Waals surface area contributed by atoms with Crippen LogP contribution in [0.4, 0.5) is 4.39 Å². The maximum atomic E-state index is 13.7. The number of fused-ring (bicyclic) bond motifs is 1. The van der Waals surface area contributed by atoms with Gasteiger partial charge in [-0.2, -0.15) is 0 Å². The summed E-state index contributed by atoms with van der Waals surface area (Å²) in [6, 6.07) is 10.5. The van der Waals surface area contributed by atoms with Crippen LogP contribution in [0.1, 0.15) is 11.7 Å². The molecule has 1 N–H and O–H groups in total. The highest BCUT2D eigenvalue weighted by molar-refractivity contribution is 5.87. The first-order valence-electron chi connectivity index (χ1n) is 5.81. The van der Waals surface area contributed by atoms with Gasteiger partial charge in [-0.05, 0) is 17.0 Å². The van der Waals surface area contributed by atoms with Gasteiger partial charge in [-0.15, -0.1) is 0 Å². The molecule has 0 aliphatic carbocycles. The minimum Gasteiger partial charge on any atom is -0.362 e. The van der Waals surface area contributed by atoms with Crippen LogP contribution >= 0.6 is 0 Å². The zero-order valence-electron chi connectivity index (χ0n) is 9.65. The molecule has 0 aromatic heterocycles. The number of nitrogens with one attached hydrogen (secondary N) is 1. The largest absolute Gasteiger partial charge is 0.362 e. The van der Waals surface area contributed by atoms with Crippen molar-refractivity contribution in [1.29, 1.82) is 0 Å². The van der Waals surface area contributed by atoms with E-state index in [0.29, 0.717) is 11.9 Å². The molecule has 2 aromatic rings. The molecule has 3 rings (SSSR count). The van der Waals surface area contributed by atoms with Crippen molar-refractivity contribution in [2.45, 2.75) is 6.10 Å². The van der Waals surface area contributed by atoms with Crippen LogP contribution in [-0.2, 0) is 9.53 Å². The molecule has 3 nitrogen and oxygen atoms in total. The molecule has 1 heterocycles. The minimum atomic E-state index is -0.241. The molecule has 4 heteroatoms. The molecule has 1 fully saturated rings. The molecule has 1 atom stereocenters. The molecule has 92 valence electrons. The Morgan fingerprint density at radius 2 is 1.94 bits per heavy atom. The summed E-state index contributed by atoms with van der Waals surface area (Å²) >= 11 is 0. The van der Waals surface area contributed by atoms with E-state index in [1.54, 1.807) is 18.2 Å². The van der Waals surface area contributed by atoms with Crippen molar-refractivity contribution >= 4 is 16.7 Å². The van der Waals surface area contributed by atoms with Gasteiger partial charge in [0.05, 0.1) is 0 Å². The molecule has 1 aliphatic heterocycles. The summed E-state index contributed by atoms with van der Waals surface area (Å²) in [5, 5.41) is 4.16. The summed E-state index contributed by atoms with van der Waals surface area (Å²) in [5.41, 5.74) is 0.909. The Kier molecular flexibility index (Phi) is 2.72. The van der Waals surface area contributed by atoms with Crippen LogP contribution in [0.15, 0.2) is 36.4 Å². The van der Waals surface area contributed by atoms with Crippen LogP contribution < -0.4 is 5.32 Å². The average molecular weight is 245 g/mol. The van der Waals surface area contributed by atoms with Crippen molar-refractivity contribution in [2.24, 2.45) is 0 Å². The van der Waals surface area contributed by atoms with Gasteiger partial charge < -0.3 is 10.1 Å². The molecule has 1 amide bonds. The van der Waals surface area contributed by atoms with Gasteiger partial charge in [-0.1, -0.05) is 30.3 Å². The van der Waals surface area contributed by atoms with Gasteiger partial charge in [0.1, 0.15) is 18.5 Å². The highest BCUT2D eigenvalue weighted by Gasteiger charge is 2.22. The number of morpholine rings is 1. The fourth-order valence-corrected chi connectivity index (χ4v) is 2.26. The summed E-state index contributed by atoms with van der Waals surface area (Å²) in [6.45, 7) is 0.477. The number of halogens is 1. The Bertz CT molecular complexity index is 602. The number of hydrogen-bond donors (Lipinski definition) is 1. The topological polar surface area (TPSA) is 38.3 Å². The first kappa shape index (κ1) is 11.2. The molecule has 0 radical (unpaired) electrons. The molecule has 1 aliphatic rings. The molecule has 0 saturated carbocycles. The minimum absolute atomic E-state index is 0.0520. The Hall–Kier alpha value is -1.94. The molecular formula is C14H12FNO2. The molecule has 0 spiro atoms. The highest BCUT2D eigenvalue weighted by Crippen LogP contribution is 2.29. The first-order valence-corrected chi connectivity index (χ1v) is 5.81. The van der Waals surface area contributed by atoms with Crippen molar-refractivity contribution in [3.63, 3.8) is 0 Å². The van der Waals surface area contributed by atoms with Gasteiger partial charge in [0.25, 0.3) is 0 Å². The summed E-state index contributed by atoms with van der Waals surface area (Å²) in [7, 11) is 0. The Morgan fingerprint density at radius 1 is 1.17 bits per heavy atom. The number of ether oxygens (including phenoxy) is 1. The second-order valence-corrected chi connectivity index (χ2v) is 4.29.